The Morgan fingerprint density at radius 1 is 1.25 bits per heavy atom. The van der Waals surface area contributed by atoms with Crippen LogP contribution in [0, 0.1) is 5.82 Å². The number of furan rings is 1. The van der Waals surface area contributed by atoms with Crippen LogP contribution in [0.2, 0.25) is 5.02 Å². The van der Waals surface area contributed by atoms with Gasteiger partial charge in [0.1, 0.15) is 11.6 Å². The van der Waals surface area contributed by atoms with Crippen LogP contribution >= 0.6 is 22.9 Å². The summed E-state index contributed by atoms with van der Waals surface area (Å²) in [6, 6.07) is 10.7. The molecule has 2 heterocycles. The van der Waals surface area contributed by atoms with Crippen molar-refractivity contribution in [2.24, 2.45) is 0 Å². The van der Waals surface area contributed by atoms with E-state index < -0.39 is 15.8 Å². The van der Waals surface area contributed by atoms with Gasteiger partial charge in [-0.3, -0.25) is 0 Å². The van der Waals surface area contributed by atoms with Gasteiger partial charge in [0.05, 0.1) is 22.1 Å². The Kier molecular flexibility index (Phi) is 5.05. The fraction of sp³-hybridized carbons (Fsp3) is 0.125. The molecule has 126 valence electrons. The van der Waals surface area contributed by atoms with E-state index in [1.165, 1.54) is 17.4 Å². The van der Waals surface area contributed by atoms with Gasteiger partial charge in [-0.15, -0.1) is 11.3 Å². The summed E-state index contributed by atoms with van der Waals surface area (Å²) in [5.74, 6) is -0.245. The Hall–Kier alpha value is -1.67. The lowest BCUT2D eigenvalue weighted by molar-refractivity contribution is 0.483. The Morgan fingerprint density at radius 2 is 2.08 bits per heavy atom. The largest absolute Gasteiger partial charge is 0.469 e. The minimum absolute atomic E-state index is 0.0849. The maximum absolute atomic E-state index is 13.2. The first-order valence-electron chi connectivity index (χ1n) is 6.99. The molecule has 0 saturated heterocycles. The summed E-state index contributed by atoms with van der Waals surface area (Å²) in [5.41, 5.74) is 0. The highest BCUT2D eigenvalue weighted by Gasteiger charge is 2.22. The zero-order valence-corrected chi connectivity index (χ0v) is 14.7. The lowest BCUT2D eigenvalue weighted by Crippen LogP contribution is -2.28. The van der Waals surface area contributed by atoms with E-state index in [1.807, 2.05) is 17.5 Å². The van der Waals surface area contributed by atoms with Crippen LogP contribution in [0.3, 0.4) is 0 Å². The first-order valence-corrected chi connectivity index (χ1v) is 9.73. The SMILES string of the molecule is O=S(=O)(NC[C@H](c1ccco1)c1cccs1)c1ccc(F)c(Cl)c1. The van der Waals surface area contributed by atoms with Crippen molar-refractivity contribution in [3.63, 3.8) is 0 Å². The third-order valence-electron chi connectivity index (χ3n) is 3.45. The highest BCUT2D eigenvalue weighted by atomic mass is 35.5. The predicted octanol–water partition coefficient (Wildman–Crippen LogP) is 4.24. The average molecular weight is 386 g/mol. The second-order valence-corrected chi connectivity index (χ2v) is 8.16. The van der Waals surface area contributed by atoms with E-state index in [9.17, 15) is 12.8 Å². The van der Waals surface area contributed by atoms with Crippen molar-refractivity contribution in [3.05, 3.63) is 75.6 Å². The quantitative estimate of drug-likeness (QED) is 0.690. The van der Waals surface area contributed by atoms with Gasteiger partial charge in [-0.1, -0.05) is 17.7 Å². The molecule has 0 aliphatic rings. The molecule has 3 aromatic rings. The van der Waals surface area contributed by atoms with Crippen LogP contribution in [0.1, 0.15) is 16.6 Å². The van der Waals surface area contributed by atoms with E-state index in [2.05, 4.69) is 4.72 Å². The molecule has 0 bridgehead atoms. The molecule has 1 atom stereocenters. The van der Waals surface area contributed by atoms with Crippen LogP contribution in [0.4, 0.5) is 4.39 Å². The number of thiophene rings is 1. The molecule has 1 aromatic carbocycles. The van der Waals surface area contributed by atoms with E-state index in [0.29, 0.717) is 5.76 Å². The summed E-state index contributed by atoms with van der Waals surface area (Å²) in [7, 11) is -3.81. The van der Waals surface area contributed by atoms with Gasteiger partial charge < -0.3 is 4.42 Å². The Balaban J connectivity index is 1.82. The number of sulfonamides is 1. The number of rotatable bonds is 6. The summed E-state index contributed by atoms with van der Waals surface area (Å²) >= 11 is 7.18. The van der Waals surface area contributed by atoms with Crippen LogP contribution in [-0.4, -0.2) is 15.0 Å². The zero-order chi connectivity index (χ0) is 17.2. The maximum Gasteiger partial charge on any atom is 0.240 e. The van der Waals surface area contributed by atoms with E-state index in [-0.39, 0.29) is 22.4 Å². The molecular weight excluding hydrogens is 373 g/mol. The second-order valence-electron chi connectivity index (χ2n) is 5.01. The minimum Gasteiger partial charge on any atom is -0.469 e. The number of hydrogen-bond acceptors (Lipinski definition) is 4. The van der Waals surface area contributed by atoms with Crippen LogP contribution in [0.25, 0.3) is 0 Å². The standard InChI is InChI=1S/C16H13ClFNO3S2/c17-13-9-11(5-6-14(13)18)24(20,21)19-10-12(15-3-1-7-22-15)16-4-2-8-23-16/h1-9,12,19H,10H2/t12-/m1/s1. The Bertz CT molecular complexity index is 875. The molecule has 1 N–H and O–H groups in total. The normalized spacial score (nSPS) is 13.1. The molecule has 0 saturated carbocycles. The molecule has 2 aromatic heterocycles. The monoisotopic (exact) mass is 385 g/mol. The molecule has 0 unspecified atom stereocenters. The average Bonchev–Trinajstić information content (AvgIpc) is 3.24. The van der Waals surface area contributed by atoms with Crippen molar-refractivity contribution in [1.82, 2.24) is 4.72 Å². The summed E-state index contributed by atoms with van der Waals surface area (Å²) in [4.78, 5) is 0.892. The molecule has 0 fully saturated rings. The summed E-state index contributed by atoms with van der Waals surface area (Å²) in [6.45, 7) is 0.116. The van der Waals surface area contributed by atoms with Gasteiger partial charge in [-0.2, -0.15) is 0 Å². The van der Waals surface area contributed by atoms with Gasteiger partial charge in [0.25, 0.3) is 0 Å². The van der Waals surface area contributed by atoms with Gasteiger partial charge in [0.2, 0.25) is 10.0 Å². The van der Waals surface area contributed by atoms with Crippen molar-refractivity contribution in [2.75, 3.05) is 6.54 Å². The first kappa shape index (κ1) is 17.2. The zero-order valence-electron chi connectivity index (χ0n) is 12.3. The number of halogens is 2. The second kappa shape index (κ2) is 7.06. The number of hydrogen-bond donors (Lipinski definition) is 1. The summed E-state index contributed by atoms with van der Waals surface area (Å²) in [6.07, 6.45) is 1.55. The van der Waals surface area contributed by atoms with Gasteiger partial charge >= 0.3 is 0 Å². The van der Waals surface area contributed by atoms with Gasteiger partial charge in [-0.25, -0.2) is 17.5 Å². The van der Waals surface area contributed by atoms with Crippen molar-refractivity contribution in [1.29, 1.82) is 0 Å². The summed E-state index contributed by atoms with van der Waals surface area (Å²) < 4.78 is 46.0. The molecule has 0 aliphatic carbocycles. The van der Waals surface area contributed by atoms with E-state index >= 15 is 0 Å². The highest BCUT2D eigenvalue weighted by molar-refractivity contribution is 7.89. The molecule has 4 nitrogen and oxygen atoms in total. The molecular formula is C16H13ClFNO3S2. The van der Waals surface area contributed by atoms with Crippen LogP contribution in [0.15, 0.2) is 63.4 Å². The molecule has 0 radical (unpaired) electrons. The van der Waals surface area contributed by atoms with E-state index in [0.717, 1.165) is 17.0 Å². The third-order valence-corrected chi connectivity index (χ3v) is 6.15. The number of benzene rings is 1. The maximum atomic E-state index is 13.2. The topological polar surface area (TPSA) is 59.3 Å². The Morgan fingerprint density at radius 3 is 2.71 bits per heavy atom. The lowest BCUT2D eigenvalue weighted by atomic mass is 10.1. The van der Waals surface area contributed by atoms with Gasteiger partial charge in [0.15, 0.2) is 0 Å². The fourth-order valence-corrected chi connectivity index (χ4v) is 4.39. The first-order chi connectivity index (χ1) is 11.5. The smallest absolute Gasteiger partial charge is 0.240 e. The molecule has 8 heteroatoms. The van der Waals surface area contributed by atoms with Gasteiger partial charge in [-0.05, 0) is 41.8 Å². The highest BCUT2D eigenvalue weighted by Crippen LogP contribution is 2.28. The minimum atomic E-state index is -3.81. The Labute approximate surface area is 147 Å². The van der Waals surface area contributed by atoms with Crippen LogP contribution in [0.5, 0.6) is 0 Å². The number of nitrogens with one attached hydrogen (secondary N) is 1. The molecule has 24 heavy (non-hydrogen) atoms. The fourth-order valence-electron chi connectivity index (χ4n) is 2.24. The molecule has 0 spiro atoms. The van der Waals surface area contributed by atoms with E-state index in [1.54, 1.807) is 18.4 Å². The predicted molar refractivity (Wildman–Crippen MR) is 91.5 cm³/mol. The van der Waals surface area contributed by atoms with E-state index in [4.69, 9.17) is 16.0 Å². The van der Waals surface area contributed by atoms with Crippen LogP contribution < -0.4 is 4.72 Å². The van der Waals surface area contributed by atoms with Crippen LogP contribution in [-0.2, 0) is 10.0 Å². The van der Waals surface area contributed by atoms with Crippen molar-refractivity contribution in [3.8, 4) is 0 Å². The van der Waals surface area contributed by atoms with Crippen molar-refractivity contribution >= 4 is 33.0 Å². The molecule has 0 aliphatic heterocycles. The van der Waals surface area contributed by atoms with Crippen molar-refractivity contribution < 1.29 is 17.2 Å². The third kappa shape index (κ3) is 3.70. The summed E-state index contributed by atoms with van der Waals surface area (Å²) in [5, 5.41) is 1.68. The van der Waals surface area contributed by atoms with Gasteiger partial charge in [0, 0.05) is 11.4 Å². The lowest BCUT2D eigenvalue weighted by Gasteiger charge is -2.14. The molecule has 3 rings (SSSR count). The molecule has 0 amide bonds. The van der Waals surface area contributed by atoms with Crippen molar-refractivity contribution in [2.45, 2.75) is 10.8 Å².